The number of hydrogen-bond donors (Lipinski definition) is 0. The Bertz CT molecular complexity index is 949. The molecule has 6 heteroatoms. The highest BCUT2D eigenvalue weighted by atomic mass is 16.5. The van der Waals surface area contributed by atoms with Gasteiger partial charge in [0, 0.05) is 36.1 Å². The van der Waals surface area contributed by atoms with Crippen molar-refractivity contribution in [2.24, 2.45) is 0 Å². The molecule has 0 fully saturated rings. The summed E-state index contributed by atoms with van der Waals surface area (Å²) in [4.78, 5) is 49.4. The quantitative estimate of drug-likeness (QED) is 0.521. The molecule has 130 valence electrons. The number of ether oxygens (including phenoxy) is 2. The Labute approximate surface area is 148 Å². The maximum Gasteiger partial charge on any atom is 0.308 e. The zero-order chi connectivity index (χ0) is 18.6. The van der Waals surface area contributed by atoms with Gasteiger partial charge in [-0.25, -0.2) is 0 Å². The van der Waals surface area contributed by atoms with E-state index in [0.29, 0.717) is 24.0 Å². The highest BCUT2D eigenvalue weighted by Gasteiger charge is 2.41. The van der Waals surface area contributed by atoms with Crippen LogP contribution in [0.1, 0.15) is 56.8 Å². The van der Waals surface area contributed by atoms with Gasteiger partial charge in [0.05, 0.1) is 11.1 Å². The maximum absolute atomic E-state index is 13.1. The summed E-state index contributed by atoms with van der Waals surface area (Å²) in [5.41, 5.74) is 1.75. The Morgan fingerprint density at radius 3 is 1.46 bits per heavy atom. The van der Waals surface area contributed by atoms with Crippen molar-refractivity contribution in [3.63, 3.8) is 0 Å². The summed E-state index contributed by atoms with van der Waals surface area (Å²) in [7, 11) is 0. The normalized spacial score (nSPS) is 13.9. The second kappa shape index (κ2) is 5.62. The van der Waals surface area contributed by atoms with Crippen LogP contribution in [0.15, 0.2) is 24.3 Å². The van der Waals surface area contributed by atoms with Crippen LogP contribution >= 0.6 is 0 Å². The average Bonchev–Trinajstić information content (AvgIpc) is 2.54. The van der Waals surface area contributed by atoms with Crippen LogP contribution in [0.5, 0.6) is 11.5 Å². The maximum atomic E-state index is 13.1. The van der Waals surface area contributed by atoms with Gasteiger partial charge < -0.3 is 9.47 Å². The number of rotatable bonds is 2. The molecule has 0 radical (unpaired) electrons. The van der Waals surface area contributed by atoms with E-state index < -0.39 is 23.5 Å². The van der Waals surface area contributed by atoms with Crippen LogP contribution in [0, 0.1) is 0 Å². The fraction of sp³-hybridized carbons (Fsp3) is 0.200. The van der Waals surface area contributed by atoms with Crippen LogP contribution in [-0.4, -0.2) is 23.5 Å². The molecule has 0 bridgehead atoms. The molecule has 2 aliphatic carbocycles. The lowest BCUT2D eigenvalue weighted by Crippen LogP contribution is -2.28. The lowest BCUT2D eigenvalue weighted by Gasteiger charge is -2.30. The Kier molecular flexibility index (Phi) is 3.50. The summed E-state index contributed by atoms with van der Waals surface area (Å²) in [5.74, 6) is -1.79. The van der Waals surface area contributed by atoms with Crippen molar-refractivity contribution in [3.8, 4) is 11.5 Å². The lowest BCUT2D eigenvalue weighted by atomic mass is 9.76. The highest BCUT2D eigenvalue weighted by Crippen LogP contribution is 2.48. The number of esters is 2. The molecule has 0 aromatic heterocycles. The Balaban J connectivity index is 2.08. The van der Waals surface area contributed by atoms with Gasteiger partial charge in [-0.1, -0.05) is 24.3 Å². The molecule has 0 heterocycles. The van der Waals surface area contributed by atoms with Crippen LogP contribution in [-0.2, 0) is 22.4 Å². The molecule has 2 aliphatic rings. The standard InChI is InChI=1S/C20H14O6/c1-9(21)25-19-13-7-8-14(13)20(26-10(2)22)16-15(19)17(23)11-5-3-4-6-12(11)18(16)24/h3-6H,7-8H2,1-2H3. The number of benzene rings is 2. The van der Waals surface area contributed by atoms with Crippen molar-refractivity contribution >= 4 is 23.5 Å². The molecule has 0 saturated carbocycles. The topological polar surface area (TPSA) is 86.7 Å². The van der Waals surface area contributed by atoms with Gasteiger partial charge in [-0.05, 0) is 12.8 Å². The summed E-state index contributed by atoms with van der Waals surface area (Å²) in [6.07, 6.45) is 1.14. The van der Waals surface area contributed by atoms with E-state index in [9.17, 15) is 19.2 Å². The second-order valence-corrected chi connectivity index (χ2v) is 6.26. The third kappa shape index (κ3) is 2.19. The van der Waals surface area contributed by atoms with Crippen LogP contribution in [0.25, 0.3) is 0 Å². The van der Waals surface area contributed by atoms with Gasteiger partial charge in [0.2, 0.25) is 0 Å². The summed E-state index contributed by atoms with van der Waals surface area (Å²) in [6, 6.07) is 6.44. The van der Waals surface area contributed by atoms with E-state index in [1.54, 1.807) is 24.3 Å². The first-order valence-electron chi connectivity index (χ1n) is 8.17. The van der Waals surface area contributed by atoms with Crippen molar-refractivity contribution in [1.29, 1.82) is 0 Å². The lowest BCUT2D eigenvalue weighted by molar-refractivity contribution is -0.133. The molecule has 2 aromatic rings. The third-order valence-corrected chi connectivity index (χ3v) is 4.60. The average molecular weight is 350 g/mol. The van der Waals surface area contributed by atoms with Crippen molar-refractivity contribution in [2.45, 2.75) is 26.7 Å². The summed E-state index contributed by atoms with van der Waals surface area (Å²) >= 11 is 0. The molecule has 0 unspecified atom stereocenters. The van der Waals surface area contributed by atoms with Gasteiger partial charge in [-0.2, -0.15) is 0 Å². The predicted octanol–water partition coefficient (Wildman–Crippen LogP) is 2.41. The number of ketones is 2. The molecular formula is C20H14O6. The van der Waals surface area contributed by atoms with E-state index >= 15 is 0 Å². The van der Waals surface area contributed by atoms with Crippen LogP contribution < -0.4 is 9.47 Å². The number of hydrogen-bond acceptors (Lipinski definition) is 6. The zero-order valence-electron chi connectivity index (χ0n) is 14.2. The van der Waals surface area contributed by atoms with E-state index in [4.69, 9.17) is 9.47 Å². The smallest absolute Gasteiger partial charge is 0.308 e. The van der Waals surface area contributed by atoms with Crippen LogP contribution in [0.2, 0.25) is 0 Å². The molecule has 0 atom stereocenters. The molecule has 6 nitrogen and oxygen atoms in total. The zero-order valence-corrected chi connectivity index (χ0v) is 14.2. The van der Waals surface area contributed by atoms with Gasteiger partial charge in [0.15, 0.2) is 11.6 Å². The third-order valence-electron chi connectivity index (χ3n) is 4.60. The first-order chi connectivity index (χ1) is 12.4. The van der Waals surface area contributed by atoms with E-state index in [1.807, 2.05) is 0 Å². The Hall–Kier alpha value is -3.28. The van der Waals surface area contributed by atoms with Crippen molar-refractivity contribution < 1.29 is 28.7 Å². The van der Waals surface area contributed by atoms with Crippen molar-refractivity contribution in [1.82, 2.24) is 0 Å². The number of carbonyl (C=O) groups is 4. The molecule has 0 amide bonds. The monoisotopic (exact) mass is 350 g/mol. The fourth-order valence-corrected chi connectivity index (χ4v) is 3.50. The number of fused-ring (bicyclic) bond motifs is 3. The fourth-order valence-electron chi connectivity index (χ4n) is 3.50. The largest absolute Gasteiger partial charge is 0.426 e. The van der Waals surface area contributed by atoms with Crippen molar-refractivity contribution in [2.75, 3.05) is 0 Å². The molecule has 4 rings (SSSR count). The van der Waals surface area contributed by atoms with Gasteiger partial charge in [0.1, 0.15) is 11.5 Å². The minimum absolute atomic E-state index is 0.00130. The molecule has 0 N–H and O–H groups in total. The minimum atomic E-state index is -0.583. The van der Waals surface area contributed by atoms with Gasteiger partial charge in [0.25, 0.3) is 0 Å². The Morgan fingerprint density at radius 1 is 0.769 bits per heavy atom. The molecule has 0 spiro atoms. The van der Waals surface area contributed by atoms with Gasteiger partial charge in [-0.15, -0.1) is 0 Å². The minimum Gasteiger partial charge on any atom is -0.426 e. The predicted molar refractivity (Wildman–Crippen MR) is 89.8 cm³/mol. The summed E-state index contributed by atoms with van der Waals surface area (Å²) in [6.45, 7) is 2.47. The van der Waals surface area contributed by atoms with E-state index in [-0.39, 0.29) is 33.8 Å². The number of carbonyl (C=O) groups excluding carboxylic acids is 4. The highest BCUT2D eigenvalue weighted by molar-refractivity contribution is 6.30. The van der Waals surface area contributed by atoms with Crippen LogP contribution in [0.3, 0.4) is 0 Å². The molecular weight excluding hydrogens is 336 g/mol. The Morgan fingerprint density at radius 2 is 1.15 bits per heavy atom. The van der Waals surface area contributed by atoms with E-state index in [2.05, 4.69) is 0 Å². The second-order valence-electron chi connectivity index (χ2n) is 6.26. The van der Waals surface area contributed by atoms with Gasteiger partial charge in [-0.3, -0.25) is 19.2 Å². The molecule has 0 aliphatic heterocycles. The summed E-state index contributed by atoms with van der Waals surface area (Å²) < 4.78 is 10.6. The summed E-state index contributed by atoms with van der Waals surface area (Å²) in [5, 5.41) is 0. The molecule has 26 heavy (non-hydrogen) atoms. The molecule has 2 aromatic carbocycles. The first kappa shape index (κ1) is 16.2. The molecule has 0 saturated heterocycles. The van der Waals surface area contributed by atoms with Gasteiger partial charge >= 0.3 is 11.9 Å². The van der Waals surface area contributed by atoms with Crippen LogP contribution in [0.4, 0.5) is 0 Å². The van der Waals surface area contributed by atoms with E-state index in [1.165, 1.54) is 13.8 Å². The van der Waals surface area contributed by atoms with Crippen molar-refractivity contribution in [3.05, 3.63) is 57.6 Å². The SMILES string of the molecule is CC(=O)Oc1c2c(c(OC(C)=O)c3c1C(=O)c1ccccc1C3=O)CC2. The van der Waals surface area contributed by atoms with E-state index in [0.717, 1.165) is 0 Å². The first-order valence-corrected chi connectivity index (χ1v) is 8.17.